The van der Waals surface area contributed by atoms with E-state index in [1.165, 1.54) is 18.2 Å². The van der Waals surface area contributed by atoms with Crippen molar-refractivity contribution in [1.82, 2.24) is 0 Å². The number of aromatic hydroxyl groups is 1. The average molecular weight is 284 g/mol. The number of hydrogen-bond donors (Lipinski definition) is 1. The minimum absolute atomic E-state index is 0.0632. The maximum atomic E-state index is 12.1. The lowest BCUT2D eigenvalue weighted by Crippen LogP contribution is -1.94. The van der Waals surface area contributed by atoms with Crippen molar-refractivity contribution in [2.75, 3.05) is 14.2 Å². The molecule has 0 bridgehead atoms. The lowest BCUT2D eigenvalue weighted by molar-refractivity contribution is 0.104. The van der Waals surface area contributed by atoms with E-state index >= 15 is 0 Å². The Kier molecular flexibility index (Phi) is 4.61. The van der Waals surface area contributed by atoms with Crippen molar-refractivity contribution in [2.24, 2.45) is 0 Å². The number of phenols is 1. The fourth-order valence-corrected chi connectivity index (χ4v) is 1.89. The molecule has 0 aliphatic carbocycles. The highest BCUT2D eigenvalue weighted by Gasteiger charge is 2.05. The number of ketones is 1. The number of rotatable bonds is 5. The number of methoxy groups -OCH3 is 2. The average Bonchev–Trinajstić information content (AvgIpc) is 2.52. The third-order valence-electron chi connectivity index (χ3n) is 2.98. The van der Waals surface area contributed by atoms with Gasteiger partial charge in [-0.1, -0.05) is 12.1 Å². The molecule has 0 saturated heterocycles. The molecule has 0 fully saturated rings. The first kappa shape index (κ1) is 14.7. The Morgan fingerprint density at radius 3 is 2.57 bits per heavy atom. The van der Waals surface area contributed by atoms with Crippen LogP contribution in [0.5, 0.6) is 17.2 Å². The number of carbonyl (C=O) groups excluding carboxylic acids is 1. The highest BCUT2D eigenvalue weighted by atomic mass is 16.5. The lowest BCUT2D eigenvalue weighted by Gasteiger charge is -2.07. The molecular weight excluding hydrogens is 268 g/mol. The maximum absolute atomic E-state index is 12.1. The van der Waals surface area contributed by atoms with Crippen LogP contribution in [0.25, 0.3) is 6.08 Å². The normalized spacial score (nSPS) is 10.6. The third-order valence-corrected chi connectivity index (χ3v) is 2.98. The molecule has 0 spiro atoms. The fraction of sp³-hybridized carbons (Fsp3) is 0.118. The van der Waals surface area contributed by atoms with E-state index in [1.807, 2.05) is 0 Å². The van der Waals surface area contributed by atoms with Gasteiger partial charge in [-0.15, -0.1) is 0 Å². The van der Waals surface area contributed by atoms with Crippen molar-refractivity contribution in [2.45, 2.75) is 0 Å². The molecule has 0 aromatic heterocycles. The van der Waals surface area contributed by atoms with Gasteiger partial charge >= 0.3 is 0 Å². The van der Waals surface area contributed by atoms with E-state index in [0.29, 0.717) is 17.1 Å². The molecule has 2 rings (SSSR count). The maximum Gasteiger partial charge on any atom is 0.185 e. The van der Waals surface area contributed by atoms with Crippen LogP contribution < -0.4 is 9.47 Å². The Balaban J connectivity index is 2.26. The molecule has 0 aliphatic heterocycles. The largest absolute Gasteiger partial charge is 0.508 e. The molecule has 0 unspecified atom stereocenters. The number of ether oxygens (including phenoxy) is 2. The van der Waals surface area contributed by atoms with Crippen molar-refractivity contribution in [3.63, 3.8) is 0 Å². The SMILES string of the molecule is COc1ccc(OC)c(/C=C/C(=O)c2cccc(O)c2)c1. The van der Waals surface area contributed by atoms with Crippen molar-refractivity contribution in [1.29, 1.82) is 0 Å². The summed E-state index contributed by atoms with van der Waals surface area (Å²) in [6, 6.07) is 11.6. The van der Waals surface area contributed by atoms with E-state index in [2.05, 4.69) is 0 Å². The van der Waals surface area contributed by atoms with Gasteiger partial charge in [0, 0.05) is 11.1 Å². The Morgan fingerprint density at radius 1 is 1.10 bits per heavy atom. The van der Waals surface area contributed by atoms with Crippen LogP contribution >= 0.6 is 0 Å². The summed E-state index contributed by atoms with van der Waals surface area (Å²) in [6.45, 7) is 0. The van der Waals surface area contributed by atoms with E-state index in [0.717, 1.165) is 5.56 Å². The van der Waals surface area contributed by atoms with Crippen molar-refractivity contribution in [3.8, 4) is 17.2 Å². The second kappa shape index (κ2) is 6.61. The first-order valence-corrected chi connectivity index (χ1v) is 6.37. The van der Waals surface area contributed by atoms with Gasteiger partial charge in [-0.05, 0) is 42.5 Å². The number of carbonyl (C=O) groups is 1. The van der Waals surface area contributed by atoms with E-state index < -0.39 is 0 Å². The standard InChI is InChI=1S/C17H16O4/c1-20-15-7-9-17(21-2)13(11-15)6-8-16(19)12-4-3-5-14(18)10-12/h3-11,18H,1-2H3/b8-6+. The number of phenolic OH excluding ortho intramolecular Hbond substituents is 1. The molecular formula is C17H16O4. The van der Waals surface area contributed by atoms with Gasteiger partial charge < -0.3 is 14.6 Å². The Bertz CT molecular complexity index is 674. The minimum atomic E-state index is -0.198. The van der Waals surface area contributed by atoms with E-state index in [9.17, 15) is 9.90 Å². The van der Waals surface area contributed by atoms with Crippen molar-refractivity contribution in [3.05, 3.63) is 59.7 Å². The molecule has 0 heterocycles. The smallest absolute Gasteiger partial charge is 0.185 e. The fourth-order valence-electron chi connectivity index (χ4n) is 1.89. The van der Waals surface area contributed by atoms with Crippen LogP contribution in [0, 0.1) is 0 Å². The molecule has 4 heteroatoms. The molecule has 21 heavy (non-hydrogen) atoms. The van der Waals surface area contributed by atoms with Crippen LogP contribution in [0.1, 0.15) is 15.9 Å². The third kappa shape index (κ3) is 3.63. The highest BCUT2D eigenvalue weighted by Crippen LogP contribution is 2.25. The molecule has 2 aromatic rings. The van der Waals surface area contributed by atoms with Gasteiger partial charge in [0.2, 0.25) is 0 Å². The van der Waals surface area contributed by atoms with Gasteiger partial charge in [0.15, 0.2) is 5.78 Å². The Morgan fingerprint density at radius 2 is 1.90 bits per heavy atom. The van der Waals surface area contributed by atoms with Gasteiger partial charge in [0.1, 0.15) is 17.2 Å². The van der Waals surface area contributed by atoms with Crippen molar-refractivity contribution >= 4 is 11.9 Å². The minimum Gasteiger partial charge on any atom is -0.508 e. The molecule has 4 nitrogen and oxygen atoms in total. The summed E-state index contributed by atoms with van der Waals surface area (Å²) in [4.78, 5) is 12.1. The second-order valence-corrected chi connectivity index (χ2v) is 4.36. The molecule has 0 amide bonds. The summed E-state index contributed by atoms with van der Waals surface area (Å²) < 4.78 is 10.4. The van der Waals surface area contributed by atoms with Crippen LogP contribution in [0.3, 0.4) is 0 Å². The molecule has 2 aromatic carbocycles. The summed E-state index contributed by atoms with van der Waals surface area (Å²) in [5.74, 6) is 1.19. The predicted octanol–water partition coefficient (Wildman–Crippen LogP) is 3.31. The van der Waals surface area contributed by atoms with Crippen LogP contribution in [-0.2, 0) is 0 Å². The summed E-state index contributed by atoms with van der Waals surface area (Å²) >= 11 is 0. The predicted molar refractivity (Wildman–Crippen MR) is 81.0 cm³/mol. The van der Waals surface area contributed by atoms with Crippen LogP contribution in [-0.4, -0.2) is 25.1 Å². The Hall–Kier alpha value is -2.75. The zero-order valence-electron chi connectivity index (χ0n) is 11.9. The summed E-state index contributed by atoms with van der Waals surface area (Å²) in [5.41, 5.74) is 1.17. The quantitative estimate of drug-likeness (QED) is 0.676. The highest BCUT2D eigenvalue weighted by molar-refractivity contribution is 6.07. The van der Waals surface area contributed by atoms with Crippen LogP contribution in [0.4, 0.5) is 0 Å². The van der Waals surface area contributed by atoms with Crippen LogP contribution in [0.15, 0.2) is 48.5 Å². The zero-order chi connectivity index (χ0) is 15.2. The van der Waals surface area contributed by atoms with Gasteiger partial charge in [-0.3, -0.25) is 4.79 Å². The first-order chi connectivity index (χ1) is 10.1. The molecule has 0 aliphatic rings. The molecule has 0 radical (unpaired) electrons. The van der Waals surface area contributed by atoms with Crippen molar-refractivity contribution < 1.29 is 19.4 Å². The summed E-state index contributed by atoms with van der Waals surface area (Å²) in [7, 11) is 3.14. The van der Waals surface area contributed by atoms with E-state index in [-0.39, 0.29) is 11.5 Å². The number of benzene rings is 2. The molecule has 0 atom stereocenters. The first-order valence-electron chi connectivity index (χ1n) is 6.37. The summed E-state index contributed by atoms with van der Waals surface area (Å²) in [5, 5.41) is 9.38. The van der Waals surface area contributed by atoms with Crippen LogP contribution in [0.2, 0.25) is 0 Å². The summed E-state index contributed by atoms with van der Waals surface area (Å²) in [6.07, 6.45) is 3.10. The lowest BCUT2D eigenvalue weighted by atomic mass is 10.1. The monoisotopic (exact) mass is 284 g/mol. The zero-order valence-corrected chi connectivity index (χ0v) is 11.9. The van der Waals surface area contributed by atoms with Gasteiger partial charge in [-0.2, -0.15) is 0 Å². The Labute approximate surface area is 123 Å². The van der Waals surface area contributed by atoms with Gasteiger partial charge in [0.25, 0.3) is 0 Å². The topological polar surface area (TPSA) is 55.8 Å². The molecule has 108 valence electrons. The number of allylic oxidation sites excluding steroid dienone is 1. The second-order valence-electron chi connectivity index (χ2n) is 4.36. The number of hydrogen-bond acceptors (Lipinski definition) is 4. The van der Waals surface area contributed by atoms with E-state index in [4.69, 9.17) is 9.47 Å². The van der Waals surface area contributed by atoms with Gasteiger partial charge in [-0.25, -0.2) is 0 Å². The molecule has 1 N–H and O–H groups in total. The molecule has 0 saturated carbocycles. The van der Waals surface area contributed by atoms with E-state index in [1.54, 1.807) is 50.6 Å². The van der Waals surface area contributed by atoms with Gasteiger partial charge in [0.05, 0.1) is 14.2 Å².